The number of fused-ring (bicyclic) bond motifs is 1. The number of aryl methyl sites for hydroxylation is 3. The van der Waals surface area contributed by atoms with Gasteiger partial charge in [0.1, 0.15) is 0 Å². The molecule has 0 spiro atoms. The van der Waals surface area contributed by atoms with Crippen LogP contribution >= 0.6 is 11.6 Å². The fourth-order valence-electron chi connectivity index (χ4n) is 3.02. The van der Waals surface area contributed by atoms with Gasteiger partial charge in [0.25, 0.3) is 0 Å². The smallest absolute Gasteiger partial charge is 0.303 e. The molecule has 1 N–H and O–H groups in total. The SMILES string of the molecule is Cc1nc2c(-c3ccc(Cl)cc3)c(C)nn2c(C)c1CCC(=O)O. The third-order valence-electron chi connectivity index (χ3n) is 4.22. The largest absolute Gasteiger partial charge is 0.481 e. The van der Waals surface area contributed by atoms with E-state index < -0.39 is 5.97 Å². The van der Waals surface area contributed by atoms with Crippen LogP contribution in [0, 0.1) is 20.8 Å². The molecule has 2 aromatic heterocycles. The zero-order valence-corrected chi connectivity index (χ0v) is 14.6. The minimum Gasteiger partial charge on any atom is -0.481 e. The van der Waals surface area contributed by atoms with Crippen LogP contribution in [-0.4, -0.2) is 25.7 Å². The Labute approximate surface area is 144 Å². The Morgan fingerprint density at radius 2 is 1.83 bits per heavy atom. The average molecular weight is 344 g/mol. The van der Waals surface area contributed by atoms with Gasteiger partial charge in [0.15, 0.2) is 5.65 Å². The predicted octanol–water partition coefficient (Wildman–Crippen LogP) is 3.99. The number of aliphatic carboxylic acids is 1. The number of hydrogen-bond donors (Lipinski definition) is 1. The molecule has 6 heteroatoms. The number of carboxylic acids is 1. The van der Waals surface area contributed by atoms with Crippen molar-refractivity contribution >= 4 is 23.2 Å². The van der Waals surface area contributed by atoms with Crippen molar-refractivity contribution in [3.8, 4) is 11.1 Å². The van der Waals surface area contributed by atoms with E-state index in [4.69, 9.17) is 21.7 Å². The van der Waals surface area contributed by atoms with Crippen LogP contribution in [0.25, 0.3) is 16.8 Å². The van der Waals surface area contributed by atoms with Crippen LogP contribution in [0.2, 0.25) is 5.02 Å². The minimum absolute atomic E-state index is 0.0825. The number of carboxylic acid groups (broad SMARTS) is 1. The van der Waals surface area contributed by atoms with E-state index in [-0.39, 0.29) is 6.42 Å². The highest BCUT2D eigenvalue weighted by molar-refractivity contribution is 6.30. The average Bonchev–Trinajstić information content (AvgIpc) is 2.84. The Kier molecular flexibility index (Phi) is 4.28. The van der Waals surface area contributed by atoms with Gasteiger partial charge >= 0.3 is 5.97 Å². The molecule has 0 bridgehead atoms. The van der Waals surface area contributed by atoms with E-state index in [2.05, 4.69) is 5.10 Å². The molecule has 0 aliphatic rings. The molecule has 0 amide bonds. The molecule has 0 fully saturated rings. The molecule has 5 nitrogen and oxygen atoms in total. The van der Waals surface area contributed by atoms with Crippen LogP contribution in [0.3, 0.4) is 0 Å². The maximum atomic E-state index is 10.9. The molecule has 24 heavy (non-hydrogen) atoms. The van der Waals surface area contributed by atoms with E-state index in [1.807, 2.05) is 49.6 Å². The highest BCUT2D eigenvalue weighted by atomic mass is 35.5. The molecule has 0 aliphatic heterocycles. The van der Waals surface area contributed by atoms with E-state index in [1.165, 1.54) is 0 Å². The van der Waals surface area contributed by atoms with E-state index in [9.17, 15) is 4.79 Å². The van der Waals surface area contributed by atoms with Gasteiger partial charge in [-0.25, -0.2) is 9.50 Å². The van der Waals surface area contributed by atoms with Crippen LogP contribution in [0.4, 0.5) is 0 Å². The Morgan fingerprint density at radius 3 is 2.46 bits per heavy atom. The number of carbonyl (C=O) groups is 1. The molecule has 3 aromatic rings. The summed E-state index contributed by atoms with van der Waals surface area (Å²) < 4.78 is 1.81. The summed E-state index contributed by atoms with van der Waals surface area (Å²) in [7, 11) is 0. The van der Waals surface area contributed by atoms with Gasteiger partial charge in [-0.05, 0) is 50.5 Å². The van der Waals surface area contributed by atoms with Crippen LogP contribution in [0.15, 0.2) is 24.3 Å². The van der Waals surface area contributed by atoms with Crippen molar-refractivity contribution in [3.63, 3.8) is 0 Å². The molecule has 0 aliphatic carbocycles. The number of halogens is 1. The van der Waals surface area contributed by atoms with Gasteiger partial charge in [0.05, 0.1) is 5.69 Å². The molecule has 0 radical (unpaired) electrons. The van der Waals surface area contributed by atoms with Crippen molar-refractivity contribution in [1.29, 1.82) is 0 Å². The number of hydrogen-bond acceptors (Lipinski definition) is 3. The molecule has 0 atom stereocenters. The molecule has 2 heterocycles. The highest BCUT2D eigenvalue weighted by Crippen LogP contribution is 2.30. The van der Waals surface area contributed by atoms with Gasteiger partial charge < -0.3 is 5.11 Å². The monoisotopic (exact) mass is 343 g/mol. The summed E-state index contributed by atoms with van der Waals surface area (Å²) in [5, 5.41) is 14.2. The van der Waals surface area contributed by atoms with E-state index in [1.54, 1.807) is 0 Å². The fourth-order valence-corrected chi connectivity index (χ4v) is 3.14. The first-order valence-electron chi connectivity index (χ1n) is 7.71. The van der Waals surface area contributed by atoms with Crippen molar-refractivity contribution in [2.45, 2.75) is 33.6 Å². The number of nitrogens with zero attached hydrogens (tertiary/aromatic N) is 3. The lowest BCUT2D eigenvalue weighted by Gasteiger charge is -2.10. The summed E-state index contributed by atoms with van der Waals surface area (Å²) in [4.78, 5) is 15.6. The first-order valence-corrected chi connectivity index (χ1v) is 8.09. The van der Waals surface area contributed by atoms with Crippen LogP contribution < -0.4 is 0 Å². The summed E-state index contributed by atoms with van der Waals surface area (Å²) in [6, 6.07) is 7.61. The Morgan fingerprint density at radius 1 is 1.17 bits per heavy atom. The second-order valence-corrected chi connectivity index (χ2v) is 6.29. The fraction of sp³-hybridized carbons (Fsp3) is 0.278. The lowest BCUT2D eigenvalue weighted by molar-refractivity contribution is -0.136. The lowest BCUT2D eigenvalue weighted by Crippen LogP contribution is -2.08. The summed E-state index contributed by atoms with van der Waals surface area (Å²) in [6.07, 6.45) is 0.532. The number of rotatable bonds is 4. The number of aromatic nitrogens is 3. The quantitative estimate of drug-likeness (QED) is 0.777. The molecular formula is C18H18ClN3O2. The maximum Gasteiger partial charge on any atom is 0.303 e. The van der Waals surface area contributed by atoms with E-state index >= 15 is 0 Å². The molecular weight excluding hydrogens is 326 g/mol. The minimum atomic E-state index is -0.813. The van der Waals surface area contributed by atoms with E-state index in [0.29, 0.717) is 11.4 Å². The van der Waals surface area contributed by atoms with Gasteiger partial charge in [-0.3, -0.25) is 4.79 Å². The Hall–Kier alpha value is -2.40. The van der Waals surface area contributed by atoms with Crippen molar-refractivity contribution in [3.05, 3.63) is 51.9 Å². The van der Waals surface area contributed by atoms with E-state index in [0.717, 1.165) is 39.4 Å². The van der Waals surface area contributed by atoms with Crippen molar-refractivity contribution < 1.29 is 9.90 Å². The highest BCUT2D eigenvalue weighted by Gasteiger charge is 2.18. The van der Waals surface area contributed by atoms with Gasteiger partial charge in [-0.2, -0.15) is 5.10 Å². The molecule has 0 saturated carbocycles. The molecule has 1 aromatic carbocycles. The summed E-state index contributed by atoms with van der Waals surface area (Å²) in [6.45, 7) is 5.82. The normalized spacial score (nSPS) is 11.2. The van der Waals surface area contributed by atoms with Gasteiger partial charge in [-0.15, -0.1) is 0 Å². The number of benzene rings is 1. The van der Waals surface area contributed by atoms with Crippen LogP contribution in [0.5, 0.6) is 0 Å². The van der Waals surface area contributed by atoms with Crippen molar-refractivity contribution in [2.24, 2.45) is 0 Å². The standard InChI is InChI=1S/C18H18ClN3O2/c1-10-15(8-9-16(23)24)12(3)22-18(20-10)17(11(2)21-22)13-4-6-14(19)7-5-13/h4-7H,8-9H2,1-3H3,(H,23,24). The van der Waals surface area contributed by atoms with Gasteiger partial charge in [0.2, 0.25) is 0 Å². The Bertz CT molecular complexity index is 930. The van der Waals surface area contributed by atoms with Gasteiger partial charge in [-0.1, -0.05) is 23.7 Å². The lowest BCUT2D eigenvalue weighted by atomic mass is 10.0. The third kappa shape index (κ3) is 2.87. The zero-order valence-electron chi connectivity index (χ0n) is 13.8. The topological polar surface area (TPSA) is 67.5 Å². The first-order chi connectivity index (χ1) is 11.4. The summed E-state index contributed by atoms with van der Waals surface area (Å²) in [5.41, 5.74) is 6.36. The molecule has 124 valence electrons. The zero-order chi connectivity index (χ0) is 17.4. The summed E-state index contributed by atoms with van der Waals surface area (Å²) >= 11 is 5.98. The van der Waals surface area contributed by atoms with Crippen LogP contribution in [0.1, 0.15) is 29.1 Å². The molecule has 0 saturated heterocycles. The second kappa shape index (κ2) is 6.24. The Balaban J connectivity index is 2.18. The van der Waals surface area contributed by atoms with Gasteiger partial charge in [0, 0.05) is 28.4 Å². The summed E-state index contributed by atoms with van der Waals surface area (Å²) in [5.74, 6) is -0.813. The molecule has 0 unspecified atom stereocenters. The van der Waals surface area contributed by atoms with Crippen molar-refractivity contribution in [1.82, 2.24) is 14.6 Å². The van der Waals surface area contributed by atoms with Crippen molar-refractivity contribution in [2.75, 3.05) is 0 Å². The maximum absolute atomic E-state index is 10.9. The second-order valence-electron chi connectivity index (χ2n) is 5.86. The van der Waals surface area contributed by atoms with Crippen LogP contribution in [-0.2, 0) is 11.2 Å². The first kappa shape index (κ1) is 16.5. The predicted molar refractivity (Wildman–Crippen MR) is 93.6 cm³/mol. The third-order valence-corrected chi connectivity index (χ3v) is 4.47. The molecule has 3 rings (SSSR count).